The second-order valence-electron chi connectivity index (χ2n) is 4.40. The van der Waals surface area contributed by atoms with E-state index < -0.39 is 0 Å². The smallest absolute Gasteiger partial charge is 0.194 e. The van der Waals surface area contributed by atoms with Crippen molar-refractivity contribution in [3.8, 4) is 0 Å². The molecule has 1 aromatic rings. The average molecular weight is 378 g/mol. The zero-order chi connectivity index (χ0) is 12.8. The molecule has 19 heavy (non-hydrogen) atoms. The highest BCUT2D eigenvalue weighted by atomic mass is 127. The first-order valence-corrected chi connectivity index (χ1v) is 6.75. The van der Waals surface area contributed by atoms with Crippen LogP contribution in [-0.4, -0.2) is 45.3 Å². The molecule has 1 fully saturated rings. The van der Waals surface area contributed by atoms with Crippen LogP contribution in [0, 0.1) is 0 Å². The molecular weight excluding hydrogens is 355 g/mol. The molecule has 2 heterocycles. The van der Waals surface area contributed by atoms with E-state index in [1.165, 1.54) is 12.8 Å². The van der Waals surface area contributed by atoms with Gasteiger partial charge in [0.15, 0.2) is 11.8 Å². The lowest BCUT2D eigenvalue weighted by atomic mass is 10.4. The summed E-state index contributed by atoms with van der Waals surface area (Å²) in [7, 11) is 0. The molecule has 6 nitrogen and oxygen atoms in total. The van der Waals surface area contributed by atoms with Crippen molar-refractivity contribution in [1.29, 1.82) is 0 Å². The summed E-state index contributed by atoms with van der Waals surface area (Å²) in [4.78, 5) is 6.97. The molecule has 7 heteroatoms. The Labute approximate surface area is 131 Å². The SMILES string of the molecule is CCNC(=NCc1nncn1CC)N1CCCC1.I. The van der Waals surface area contributed by atoms with Gasteiger partial charge in [-0.1, -0.05) is 0 Å². The number of nitrogens with one attached hydrogen (secondary N) is 1. The van der Waals surface area contributed by atoms with Crippen LogP contribution in [0.3, 0.4) is 0 Å². The van der Waals surface area contributed by atoms with Gasteiger partial charge in [0.25, 0.3) is 0 Å². The van der Waals surface area contributed by atoms with Gasteiger partial charge in [-0.05, 0) is 26.7 Å². The molecule has 0 atom stereocenters. The lowest BCUT2D eigenvalue weighted by Gasteiger charge is -2.20. The van der Waals surface area contributed by atoms with E-state index in [9.17, 15) is 0 Å². The summed E-state index contributed by atoms with van der Waals surface area (Å²) >= 11 is 0. The number of aromatic nitrogens is 3. The monoisotopic (exact) mass is 378 g/mol. The van der Waals surface area contributed by atoms with Crippen LogP contribution in [0.15, 0.2) is 11.3 Å². The molecule has 1 aliphatic heterocycles. The molecule has 0 unspecified atom stereocenters. The van der Waals surface area contributed by atoms with E-state index in [0.717, 1.165) is 38.0 Å². The Balaban J connectivity index is 0.00000180. The van der Waals surface area contributed by atoms with Crippen molar-refractivity contribution >= 4 is 29.9 Å². The third-order valence-electron chi connectivity index (χ3n) is 3.15. The Kier molecular flexibility index (Phi) is 7.11. The fourth-order valence-electron chi connectivity index (χ4n) is 2.17. The van der Waals surface area contributed by atoms with Crippen LogP contribution in [-0.2, 0) is 13.1 Å². The second kappa shape index (κ2) is 8.34. The molecule has 2 rings (SSSR count). The van der Waals surface area contributed by atoms with E-state index in [0.29, 0.717) is 6.54 Å². The van der Waals surface area contributed by atoms with Crippen molar-refractivity contribution in [3.05, 3.63) is 12.2 Å². The van der Waals surface area contributed by atoms with Gasteiger partial charge in [-0.15, -0.1) is 34.2 Å². The molecule has 0 amide bonds. The third kappa shape index (κ3) is 4.32. The van der Waals surface area contributed by atoms with Crippen LogP contribution >= 0.6 is 24.0 Å². The van der Waals surface area contributed by atoms with Crippen LogP contribution in [0.2, 0.25) is 0 Å². The van der Waals surface area contributed by atoms with Gasteiger partial charge < -0.3 is 14.8 Å². The molecule has 0 saturated carbocycles. The quantitative estimate of drug-likeness (QED) is 0.490. The lowest BCUT2D eigenvalue weighted by molar-refractivity contribution is 0.492. The maximum absolute atomic E-state index is 4.65. The molecular formula is C12H23IN6. The summed E-state index contributed by atoms with van der Waals surface area (Å²) in [5.74, 6) is 1.92. The van der Waals surface area contributed by atoms with E-state index in [2.05, 4.69) is 39.3 Å². The number of guanidine groups is 1. The minimum Gasteiger partial charge on any atom is -0.357 e. The molecule has 0 radical (unpaired) electrons. The molecule has 0 bridgehead atoms. The first kappa shape index (κ1) is 16.2. The molecule has 0 aromatic carbocycles. The van der Waals surface area contributed by atoms with Gasteiger partial charge in [-0.2, -0.15) is 0 Å². The van der Waals surface area contributed by atoms with Crippen LogP contribution < -0.4 is 5.32 Å². The van der Waals surface area contributed by atoms with Gasteiger partial charge in [-0.25, -0.2) is 4.99 Å². The molecule has 1 N–H and O–H groups in total. The minimum atomic E-state index is 0. The molecule has 0 aliphatic carbocycles. The minimum absolute atomic E-state index is 0. The zero-order valence-corrected chi connectivity index (χ0v) is 14.0. The van der Waals surface area contributed by atoms with Gasteiger partial charge in [0.2, 0.25) is 0 Å². The van der Waals surface area contributed by atoms with E-state index in [4.69, 9.17) is 0 Å². The summed E-state index contributed by atoms with van der Waals surface area (Å²) in [6.07, 6.45) is 4.28. The number of nitrogens with zero attached hydrogens (tertiary/aromatic N) is 5. The highest BCUT2D eigenvalue weighted by molar-refractivity contribution is 14.0. The van der Waals surface area contributed by atoms with E-state index in [1.807, 2.05) is 4.57 Å². The number of rotatable bonds is 4. The highest BCUT2D eigenvalue weighted by Gasteiger charge is 2.15. The molecule has 1 saturated heterocycles. The molecule has 0 spiro atoms. The van der Waals surface area contributed by atoms with Crippen molar-refractivity contribution in [2.45, 2.75) is 39.8 Å². The Bertz CT molecular complexity index is 397. The predicted octanol–water partition coefficient (Wildman–Crippen LogP) is 1.48. The summed E-state index contributed by atoms with van der Waals surface area (Å²) in [6.45, 7) is 8.77. The fourth-order valence-corrected chi connectivity index (χ4v) is 2.17. The number of hydrogen-bond acceptors (Lipinski definition) is 3. The van der Waals surface area contributed by atoms with Gasteiger partial charge in [0.05, 0.1) is 0 Å². The first-order chi connectivity index (χ1) is 8.85. The Morgan fingerprint density at radius 2 is 2.11 bits per heavy atom. The third-order valence-corrected chi connectivity index (χ3v) is 3.15. The highest BCUT2D eigenvalue weighted by Crippen LogP contribution is 2.08. The Morgan fingerprint density at radius 1 is 1.37 bits per heavy atom. The number of aliphatic imine (C=N–C) groups is 1. The maximum atomic E-state index is 4.65. The van der Waals surface area contributed by atoms with Gasteiger partial charge in [-0.3, -0.25) is 0 Å². The topological polar surface area (TPSA) is 58.3 Å². The molecule has 1 aromatic heterocycles. The van der Waals surface area contributed by atoms with Crippen LogP contribution in [0.5, 0.6) is 0 Å². The van der Waals surface area contributed by atoms with Crippen molar-refractivity contribution in [1.82, 2.24) is 25.0 Å². The summed E-state index contributed by atoms with van der Waals surface area (Å²) in [6, 6.07) is 0. The Hall–Kier alpha value is -0.860. The van der Waals surface area contributed by atoms with Crippen molar-refractivity contribution in [2.75, 3.05) is 19.6 Å². The number of likely N-dealkylation sites (tertiary alicyclic amines) is 1. The van der Waals surface area contributed by atoms with Crippen LogP contribution in [0.25, 0.3) is 0 Å². The van der Waals surface area contributed by atoms with Crippen LogP contribution in [0.4, 0.5) is 0 Å². The maximum Gasteiger partial charge on any atom is 0.194 e. The van der Waals surface area contributed by atoms with Crippen molar-refractivity contribution < 1.29 is 0 Å². The largest absolute Gasteiger partial charge is 0.357 e. The standard InChI is InChI=1S/C12H22N6.HI/c1-3-13-12(18-7-5-6-8-18)14-9-11-16-15-10-17(11)4-2;/h10H,3-9H2,1-2H3,(H,13,14);1H. The Morgan fingerprint density at radius 3 is 2.74 bits per heavy atom. The van der Waals surface area contributed by atoms with Crippen molar-refractivity contribution in [3.63, 3.8) is 0 Å². The molecule has 108 valence electrons. The van der Waals surface area contributed by atoms with E-state index in [1.54, 1.807) is 6.33 Å². The van der Waals surface area contributed by atoms with Crippen LogP contribution in [0.1, 0.15) is 32.5 Å². The summed E-state index contributed by atoms with van der Waals surface area (Å²) < 4.78 is 2.02. The zero-order valence-electron chi connectivity index (χ0n) is 11.7. The van der Waals surface area contributed by atoms with E-state index in [-0.39, 0.29) is 24.0 Å². The summed E-state index contributed by atoms with van der Waals surface area (Å²) in [5, 5.41) is 11.4. The van der Waals surface area contributed by atoms with Gasteiger partial charge in [0.1, 0.15) is 12.9 Å². The predicted molar refractivity (Wildman–Crippen MR) is 86.7 cm³/mol. The second-order valence-corrected chi connectivity index (χ2v) is 4.40. The number of halogens is 1. The van der Waals surface area contributed by atoms with Crippen molar-refractivity contribution in [2.24, 2.45) is 4.99 Å². The molecule has 1 aliphatic rings. The normalized spacial score (nSPS) is 15.5. The summed E-state index contributed by atoms with van der Waals surface area (Å²) in [5.41, 5.74) is 0. The lowest BCUT2D eigenvalue weighted by Crippen LogP contribution is -2.39. The van der Waals surface area contributed by atoms with Gasteiger partial charge >= 0.3 is 0 Å². The van der Waals surface area contributed by atoms with Gasteiger partial charge in [0, 0.05) is 26.2 Å². The van der Waals surface area contributed by atoms with E-state index >= 15 is 0 Å². The first-order valence-electron chi connectivity index (χ1n) is 6.75. The fraction of sp³-hybridized carbons (Fsp3) is 0.750. The number of aryl methyl sites for hydroxylation is 1. The average Bonchev–Trinajstić information content (AvgIpc) is 3.05. The number of hydrogen-bond donors (Lipinski definition) is 1.